The predicted octanol–water partition coefficient (Wildman–Crippen LogP) is 2.84. The molecule has 1 saturated carbocycles. The van der Waals surface area contributed by atoms with E-state index in [4.69, 9.17) is 30.4 Å². The fourth-order valence-corrected chi connectivity index (χ4v) is 3.53. The Kier molecular flexibility index (Phi) is 8.15. The summed E-state index contributed by atoms with van der Waals surface area (Å²) in [7, 11) is 1.63. The fraction of sp³-hybridized carbons (Fsp3) is 0.318. The number of anilines is 2. The number of nitrogens with zero attached hydrogens (tertiary/aromatic N) is 4. The summed E-state index contributed by atoms with van der Waals surface area (Å²) < 4.78 is 11.9. The number of rotatable bonds is 6. The monoisotopic (exact) mass is 451 g/mol. The first kappa shape index (κ1) is 23.5. The van der Waals surface area contributed by atoms with Gasteiger partial charge in [-0.15, -0.1) is 0 Å². The Morgan fingerprint density at radius 3 is 2.58 bits per heavy atom. The second-order valence-corrected chi connectivity index (χ2v) is 7.28. The van der Waals surface area contributed by atoms with E-state index in [1.807, 2.05) is 30.3 Å². The molecule has 0 saturated heterocycles. The van der Waals surface area contributed by atoms with Crippen LogP contribution in [0, 0.1) is 11.3 Å². The van der Waals surface area contributed by atoms with Gasteiger partial charge in [0.25, 0.3) is 6.47 Å². The van der Waals surface area contributed by atoms with Crippen molar-refractivity contribution >= 4 is 18.1 Å². The van der Waals surface area contributed by atoms with Gasteiger partial charge in [-0.3, -0.25) is 9.89 Å². The highest BCUT2D eigenvalue weighted by atomic mass is 16.5. The Bertz CT molecular complexity index is 1090. The Labute approximate surface area is 190 Å². The number of benzene rings is 1. The lowest BCUT2D eigenvalue weighted by Gasteiger charge is -2.27. The molecule has 1 aromatic carbocycles. The molecule has 11 nitrogen and oxygen atoms in total. The molecule has 1 aliphatic rings. The number of carboxylic acid groups (broad SMARTS) is 1. The van der Waals surface area contributed by atoms with E-state index in [1.165, 1.54) is 12.4 Å². The molecule has 33 heavy (non-hydrogen) atoms. The van der Waals surface area contributed by atoms with Crippen LogP contribution in [0.3, 0.4) is 0 Å². The third-order valence-corrected chi connectivity index (χ3v) is 5.09. The Balaban J connectivity index is 0.000000968. The van der Waals surface area contributed by atoms with Crippen LogP contribution in [0.5, 0.6) is 11.5 Å². The minimum absolute atomic E-state index is 0.130. The maximum Gasteiger partial charge on any atom is 0.290 e. The van der Waals surface area contributed by atoms with E-state index in [-0.39, 0.29) is 24.3 Å². The molecule has 11 heteroatoms. The highest BCUT2D eigenvalue weighted by Gasteiger charge is 2.23. The van der Waals surface area contributed by atoms with Crippen molar-refractivity contribution in [2.24, 2.45) is 5.73 Å². The SMILES string of the molecule is COc1cccc(OC2CCC(N)CC2)c1-c1cc(Nc2cnc(C#N)cn2)n[nH]1.O=CO. The van der Waals surface area contributed by atoms with Crippen LogP contribution in [0.25, 0.3) is 11.3 Å². The van der Waals surface area contributed by atoms with Crippen LogP contribution >= 0.6 is 0 Å². The third-order valence-electron chi connectivity index (χ3n) is 5.09. The highest BCUT2D eigenvalue weighted by molar-refractivity contribution is 5.76. The van der Waals surface area contributed by atoms with Crippen molar-refractivity contribution < 1.29 is 19.4 Å². The van der Waals surface area contributed by atoms with Crippen LogP contribution < -0.4 is 20.5 Å². The fourth-order valence-electron chi connectivity index (χ4n) is 3.53. The van der Waals surface area contributed by atoms with Crippen LogP contribution in [0.2, 0.25) is 0 Å². The Morgan fingerprint density at radius 2 is 1.94 bits per heavy atom. The topological polar surface area (TPSA) is 172 Å². The van der Waals surface area contributed by atoms with Crippen molar-refractivity contribution in [2.45, 2.75) is 37.8 Å². The van der Waals surface area contributed by atoms with Crippen LogP contribution in [-0.2, 0) is 4.79 Å². The summed E-state index contributed by atoms with van der Waals surface area (Å²) in [6.45, 7) is -0.250. The zero-order valence-electron chi connectivity index (χ0n) is 18.1. The summed E-state index contributed by atoms with van der Waals surface area (Å²) in [5.74, 6) is 2.48. The molecule has 1 fully saturated rings. The summed E-state index contributed by atoms with van der Waals surface area (Å²) in [4.78, 5) is 16.5. The lowest BCUT2D eigenvalue weighted by atomic mass is 9.93. The highest BCUT2D eigenvalue weighted by Crippen LogP contribution is 2.39. The molecule has 0 spiro atoms. The molecular formula is C22H25N7O4. The summed E-state index contributed by atoms with van der Waals surface area (Å²) in [6.07, 6.45) is 6.82. The summed E-state index contributed by atoms with van der Waals surface area (Å²) in [5, 5.41) is 26.1. The summed E-state index contributed by atoms with van der Waals surface area (Å²) in [5.41, 5.74) is 7.83. The normalized spacial score (nSPS) is 17.1. The average molecular weight is 451 g/mol. The van der Waals surface area contributed by atoms with Crippen molar-refractivity contribution in [2.75, 3.05) is 12.4 Å². The van der Waals surface area contributed by atoms with E-state index >= 15 is 0 Å². The van der Waals surface area contributed by atoms with Gasteiger partial charge in [0, 0.05) is 12.1 Å². The molecule has 2 aromatic heterocycles. The molecule has 0 atom stereocenters. The van der Waals surface area contributed by atoms with Crippen molar-refractivity contribution in [1.29, 1.82) is 5.26 Å². The van der Waals surface area contributed by atoms with Gasteiger partial charge >= 0.3 is 0 Å². The first-order chi connectivity index (χ1) is 16.1. The van der Waals surface area contributed by atoms with Gasteiger partial charge in [0.15, 0.2) is 11.5 Å². The number of carbonyl (C=O) groups is 1. The van der Waals surface area contributed by atoms with E-state index in [0.717, 1.165) is 42.7 Å². The molecule has 0 amide bonds. The van der Waals surface area contributed by atoms with Gasteiger partial charge in [0.2, 0.25) is 0 Å². The first-order valence-electron chi connectivity index (χ1n) is 10.3. The molecule has 172 valence electrons. The molecule has 0 bridgehead atoms. The Morgan fingerprint density at radius 1 is 1.21 bits per heavy atom. The van der Waals surface area contributed by atoms with Crippen LogP contribution in [0.15, 0.2) is 36.7 Å². The van der Waals surface area contributed by atoms with Gasteiger partial charge in [0.05, 0.1) is 36.9 Å². The lowest BCUT2D eigenvalue weighted by molar-refractivity contribution is -0.122. The molecule has 0 aliphatic heterocycles. The molecule has 0 radical (unpaired) electrons. The largest absolute Gasteiger partial charge is 0.496 e. The number of nitrogens with one attached hydrogen (secondary N) is 2. The van der Waals surface area contributed by atoms with Crippen molar-refractivity contribution in [3.8, 4) is 28.8 Å². The molecule has 0 unspecified atom stereocenters. The summed E-state index contributed by atoms with van der Waals surface area (Å²) >= 11 is 0. The van der Waals surface area contributed by atoms with Gasteiger partial charge in [-0.25, -0.2) is 9.97 Å². The number of H-pyrrole nitrogens is 1. The van der Waals surface area contributed by atoms with Gasteiger partial charge in [-0.1, -0.05) is 6.07 Å². The van der Waals surface area contributed by atoms with Crippen LogP contribution in [0.4, 0.5) is 11.6 Å². The van der Waals surface area contributed by atoms with E-state index in [1.54, 1.807) is 7.11 Å². The number of aromatic amines is 1. The van der Waals surface area contributed by atoms with Crippen molar-refractivity contribution in [3.05, 3.63) is 42.4 Å². The predicted molar refractivity (Wildman–Crippen MR) is 120 cm³/mol. The zero-order chi connectivity index (χ0) is 23.6. The number of nitriles is 1. The molecule has 4 rings (SSSR count). The first-order valence-corrected chi connectivity index (χ1v) is 10.3. The van der Waals surface area contributed by atoms with E-state index in [9.17, 15) is 0 Å². The zero-order valence-corrected chi connectivity index (χ0v) is 18.1. The minimum Gasteiger partial charge on any atom is -0.496 e. The van der Waals surface area contributed by atoms with E-state index in [0.29, 0.717) is 17.4 Å². The molecule has 2 heterocycles. The maximum absolute atomic E-state index is 8.83. The van der Waals surface area contributed by atoms with Crippen molar-refractivity contribution in [1.82, 2.24) is 20.2 Å². The molecular weight excluding hydrogens is 426 g/mol. The van der Waals surface area contributed by atoms with Crippen LogP contribution in [0.1, 0.15) is 31.4 Å². The second-order valence-electron chi connectivity index (χ2n) is 7.28. The number of nitrogens with two attached hydrogens (primary N) is 1. The third kappa shape index (κ3) is 6.18. The number of hydrogen-bond donors (Lipinski definition) is 4. The number of aromatic nitrogens is 4. The smallest absolute Gasteiger partial charge is 0.290 e. The second kappa shape index (κ2) is 11.4. The van der Waals surface area contributed by atoms with Crippen LogP contribution in [-0.4, -0.2) is 51.0 Å². The quantitative estimate of drug-likeness (QED) is 0.408. The van der Waals surface area contributed by atoms with Crippen molar-refractivity contribution in [3.63, 3.8) is 0 Å². The number of hydrogen-bond acceptors (Lipinski definition) is 9. The maximum atomic E-state index is 8.83. The minimum atomic E-state index is -0.250. The molecule has 3 aromatic rings. The summed E-state index contributed by atoms with van der Waals surface area (Å²) in [6, 6.07) is 9.79. The Hall–Kier alpha value is -4.17. The van der Waals surface area contributed by atoms with Gasteiger partial charge in [-0.05, 0) is 37.8 Å². The average Bonchev–Trinajstić information content (AvgIpc) is 3.29. The van der Waals surface area contributed by atoms with Gasteiger partial charge in [-0.2, -0.15) is 10.4 Å². The molecule has 1 aliphatic carbocycles. The number of ether oxygens (including phenoxy) is 2. The standard InChI is InChI=1S/C21H23N7O2.CH2O2/c1-29-17-3-2-4-18(30-15-7-5-13(23)6-8-15)21(17)16-9-19(28-27-16)26-20-12-24-14(10-22)11-25-20;2-1-3/h2-4,9,11-13,15H,5-8,23H2,1H3,(H2,25,26,27,28);1H,(H,2,3). The van der Waals surface area contributed by atoms with E-state index < -0.39 is 0 Å². The van der Waals surface area contributed by atoms with Gasteiger partial charge in [0.1, 0.15) is 23.4 Å². The van der Waals surface area contributed by atoms with Gasteiger partial charge < -0.3 is 25.6 Å². The molecule has 5 N–H and O–H groups in total. The number of methoxy groups -OCH3 is 1. The van der Waals surface area contributed by atoms with E-state index in [2.05, 4.69) is 25.5 Å². The lowest BCUT2D eigenvalue weighted by Crippen LogP contribution is -2.31.